The van der Waals surface area contributed by atoms with Crippen LogP contribution in [0.2, 0.25) is 0 Å². The van der Waals surface area contributed by atoms with Gasteiger partial charge in [-0.05, 0) is 67.1 Å². The maximum Gasteiger partial charge on any atom is 0.204 e. The van der Waals surface area contributed by atoms with Crippen LogP contribution in [-0.4, -0.2) is 48.9 Å². The fourth-order valence-electron chi connectivity index (χ4n) is 5.82. The minimum Gasteiger partial charge on any atom is -0.493 e. The molecule has 0 radical (unpaired) electrons. The number of nitrogens with zero attached hydrogens (tertiary/aromatic N) is 3. The van der Waals surface area contributed by atoms with Gasteiger partial charge in [0.25, 0.3) is 0 Å². The van der Waals surface area contributed by atoms with E-state index in [0.29, 0.717) is 42.1 Å². The lowest BCUT2D eigenvalue weighted by atomic mass is 9.82. The molecule has 2 aliphatic heterocycles. The summed E-state index contributed by atoms with van der Waals surface area (Å²) < 4.78 is 17.5. The van der Waals surface area contributed by atoms with E-state index >= 15 is 0 Å². The van der Waals surface area contributed by atoms with E-state index in [-0.39, 0.29) is 5.78 Å². The average Bonchev–Trinajstić information content (AvgIpc) is 2.92. The molecule has 0 saturated carbocycles. The van der Waals surface area contributed by atoms with Crippen molar-refractivity contribution in [3.05, 3.63) is 59.2 Å². The molecule has 1 fully saturated rings. The Hall–Kier alpha value is -3.61. The zero-order valence-corrected chi connectivity index (χ0v) is 20.9. The molecular formula is C29H31N3O4. The SMILES string of the molecule is COc1ccc2c(c1OC)OC1(CCN(c3ccc(-c4ccc5c(c4)CCCC5)nn3)CC1)CC2=O. The lowest BCUT2D eigenvalue weighted by Crippen LogP contribution is -2.51. The first kappa shape index (κ1) is 22.8. The Morgan fingerprint density at radius 2 is 1.72 bits per heavy atom. The van der Waals surface area contributed by atoms with Crippen molar-refractivity contribution in [2.24, 2.45) is 0 Å². The summed E-state index contributed by atoms with van der Waals surface area (Å²) in [4.78, 5) is 15.3. The first-order valence-electron chi connectivity index (χ1n) is 12.8. The summed E-state index contributed by atoms with van der Waals surface area (Å²) in [6, 6.07) is 14.3. The van der Waals surface area contributed by atoms with Gasteiger partial charge in [0, 0.05) is 31.5 Å². The minimum absolute atomic E-state index is 0.0832. The van der Waals surface area contributed by atoms with Crippen LogP contribution in [-0.2, 0) is 12.8 Å². The van der Waals surface area contributed by atoms with Crippen molar-refractivity contribution in [2.75, 3.05) is 32.2 Å². The summed E-state index contributed by atoms with van der Waals surface area (Å²) in [6.45, 7) is 1.48. The van der Waals surface area contributed by atoms with Gasteiger partial charge in [-0.2, -0.15) is 0 Å². The van der Waals surface area contributed by atoms with Crippen molar-refractivity contribution in [1.29, 1.82) is 0 Å². The number of rotatable bonds is 4. The second-order valence-corrected chi connectivity index (χ2v) is 10.0. The largest absolute Gasteiger partial charge is 0.493 e. The Labute approximate surface area is 211 Å². The summed E-state index contributed by atoms with van der Waals surface area (Å²) in [6.07, 6.45) is 6.67. The molecule has 1 saturated heterocycles. The number of hydrogen-bond acceptors (Lipinski definition) is 7. The number of aromatic nitrogens is 2. The molecule has 0 unspecified atom stereocenters. The zero-order chi connectivity index (χ0) is 24.7. The molecule has 0 amide bonds. The third-order valence-electron chi connectivity index (χ3n) is 7.90. The fourth-order valence-corrected chi connectivity index (χ4v) is 5.82. The molecular weight excluding hydrogens is 454 g/mol. The van der Waals surface area contributed by atoms with Gasteiger partial charge in [-0.3, -0.25) is 4.79 Å². The van der Waals surface area contributed by atoms with Crippen molar-refractivity contribution >= 4 is 11.6 Å². The van der Waals surface area contributed by atoms with E-state index in [1.165, 1.54) is 30.4 Å². The van der Waals surface area contributed by atoms with E-state index in [1.807, 2.05) is 0 Å². The maximum absolute atomic E-state index is 13.0. The predicted molar refractivity (Wildman–Crippen MR) is 137 cm³/mol. The number of aryl methyl sites for hydroxylation is 2. The minimum atomic E-state index is -0.545. The van der Waals surface area contributed by atoms with Gasteiger partial charge in [-0.15, -0.1) is 10.2 Å². The summed E-state index contributed by atoms with van der Waals surface area (Å²) in [7, 11) is 3.16. The Balaban J connectivity index is 1.17. The molecule has 36 heavy (non-hydrogen) atoms. The molecule has 0 bridgehead atoms. The molecule has 1 aliphatic carbocycles. The van der Waals surface area contributed by atoms with Gasteiger partial charge in [-0.25, -0.2) is 0 Å². The zero-order valence-electron chi connectivity index (χ0n) is 20.9. The Morgan fingerprint density at radius 1 is 0.917 bits per heavy atom. The number of hydrogen-bond donors (Lipinski definition) is 0. The average molecular weight is 486 g/mol. The van der Waals surface area contributed by atoms with Crippen LogP contribution in [0, 0.1) is 0 Å². The molecule has 2 aromatic carbocycles. The third kappa shape index (κ3) is 3.96. The predicted octanol–water partition coefficient (Wildman–Crippen LogP) is 5.04. The number of ether oxygens (including phenoxy) is 3. The summed E-state index contributed by atoms with van der Waals surface area (Å²) in [5.74, 6) is 2.48. The summed E-state index contributed by atoms with van der Waals surface area (Å²) in [5, 5.41) is 9.11. The van der Waals surface area contributed by atoms with E-state index < -0.39 is 5.60 Å². The number of fused-ring (bicyclic) bond motifs is 2. The topological polar surface area (TPSA) is 73.8 Å². The standard InChI is InChI=1S/C29H31N3O4/c1-34-25-11-9-22-24(33)18-29(36-27(22)28(25)35-2)13-15-32(16-14-29)26-12-10-23(30-31-26)21-8-7-19-5-3-4-6-20(19)17-21/h7-12,17H,3-6,13-16,18H2,1-2H3. The second-order valence-electron chi connectivity index (χ2n) is 10.0. The van der Waals surface area contributed by atoms with E-state index in [9.17, 15) is 4.79 Å². The normalized spacial score (nSPS) is 18.3. The fraction of sp³-hybridized carbons (Fsp3) is 0.414. The van der Waals surface area contributed by atoms with E-state index in [2.05, 4.69) is 45.4 Å². The number of benzene rings is 2. The first-order chi connectivity index (χ1) is 17.6. The van der Waals surface area contributed by atoms with Gasteiger partial charge in [0.05, 0.1) is 31.9 Å². The molecule has 0 atom stereocenters. The van der Waals surface area contributed by atoms with Crippen LogP contribution in [0.5, 0.6) is 17.2 Å². The number of carbonyl (C=O) groups is 1. The monoisotopic (exact) mass is 485 g/mol. The number of Topliss-reactive ketones (excluding diaryl/α,β-unsaturated/α-hetero) is 1. The highest BCUT2D eigenvalue weighted by Crippen LogP contribution is 2.48. The van der Waals surface area contributed by atoms with Gasteiger partial charge in [0.15, 0.2) is 23.1 Å². The molecule has 186 valence electrons. The number of methoxy groups -OCH3 is 2. The third-order valence-corrected chi connectivity index (χ3v) is 7.90. The Kier molecular flexibility index (Phi) is 5.78. The number of anilines is 1. The molecule has 3 aliphatic rings. The van der Waals surface area contributed by atoms with Crippen molar-refractivity contribution < 1.29 is 19.0 Å². The highest BCUT2D eigenvalue weighted by Gasteiger charge is 2.44. The van der Waals surface area contributed by atoms with Gasteiger partial charge >= 0.3 is 0 Å². The number of ketones is 1. The molecule has 3 heterocycles. The van der Waals surface area contributed by atoms with Gasteiger partial charge in [0.1, 0.15) is 5.60 Å². The van der Waals surface area contributed by atoms with Crippen molar-refractivity contribution in [1.82, 2.24) is 10.2 Å². The van der Waals surface area contributed by atoms with Crippen LogP contribution in [0.4, 0.5) is 5.82 Å². The second kappa shape index (κ2) is 9.12. The Morgan fingerprint density at radius 3 is 2.44 bits per heavy atom. The van der Waals surface area contributed by atoms with Crippen LogP contribution in [0.1, 0.15) is 53.6 Å². The van der Waals surface area contributed by atoms with Crippen molar-refractivity contribution in [2.45, 2.75) is 50.5 Å². The van der Waals surface area contributed by atoms with Gasteiger partial charge in [-0.1, -0.05) is 12.1 Å². The van der Waals surface area contributed by atoms with Crippen LogP contribution in [0.25, 0.3) is 11.3 Å². The lowest BCUT2D eigenvalue weighted by Gasteiger charge is -2.44. The molecule has 6 rings (SSSR count). The van der Waals surface area contributed by atoms with Gasteiger partial charge in [0.2, 0.25) is 5.75 Å². The summed E-state index contributed by atoms with van der Waals surface area (Å²) >= 11 is 0. The molecule has 1 aromatic heterocycles. The first-order valence-corrected chi connectivity index (χ1v) is 12.8. The van der Waals surface area contributed by atoms with Gasteiger partial charge < -0.3 is 19.1 Å². The number of piperidine rings is 1. The van der Waals surface area contributed by atoms with E-state index in [0.717, 1.165) is 36.6 Å². The maximum atomic E-state index is 13.0. The summed E-state index contributed by atoms with van der Waals surface area (Å²) in [5.41, 5.74) is 4.97. The molecule has 7 heteroatoms. The van der Waals surface area contributed by atoms with Crippen LogP contribution in [0.3, 0.4) is 0 Å². The van der Waals surface area contributed by atoms with E-state index in [1.54, 1.807) is 26.4 Å². The van der Waals surface area contributed by atoms with E-state index in [4.69, 9.17) is 14.2 Å². The highest BCUT2D eigenvalue weighted by atomic mass is 16.5. The van der Waals surface area contributed by atoms with Crippen molar-refractivity contribution in [3.8, 4) is 28.5 Å². The Bertz CT molecular complexity index is 1300. The smallest absolute Gasteiger partial charge is 0.204 e. The molecule has 3 aromatic rings. The molecule has 1 spiro atoms. The lowest BCUT2D eigenvalue weighted by molar-refractivity contribution is 0.0207. The van der Waals surface area contributed by atoms with Crippen molar-refractivity contribution in [3.63, 3.8) is 0 Å². The van der Waals surface area contributed by atoms with Crippen LogP contribution >= 0.6 is 0 Å². The number of carbonyl (C=O) groups excluding carboxylic acids is 1. The van der Waals surface area contributed by atoms with Crippen LogP contribution < -0.4 is 19.1 Å². The van der Waals surface area contributed by atoms with Crippen LogP contribution in [0.15, 0.2) is 42.5 Å². The quantitative estimate of drug-likeness (QED) is 0.512. The molecule has 0 N–H and O–H groups in total. The molecule has 7 nitrogen and oxygen atoms in total. The highest BCUT2D eigenvalue weighted by molar-refractivity contribution is 6.01.